The van der Waals surface area contributed by atoms with Gasteiger partial charge in [0.25, 0.3) is 0 Å². The summed E-state index contributed by atoms with van der Waals surface area (Å²) >= 11 is 0. The Labute approximate surface area is 174 Å². The van der Waals surface area contributed by atoms with E-state index in [1.165, 1.54) is 44.2 Å². The molecule has 1 saturated carbocycles. The van der Waals surface area contributed by atoms with E-state index in [1.807, 2.05) is 4.90 Å². The Morgan fingerprint density at radius 2 is 1.86 bits per heavy atom. The molecule has 29 heavy (non-hydrogen) atoms. The molecule has 2 fully saturated rings. The maximum absolute atomic E-state index is 13.5. The Morgan fingerprint density at radius 3 is 2.45 bits per heavy atom. The van der Waals surface area contributed by atoms with E-state index in [0.29, 0.717) is 25.3 Å². The third-order valence-corrected chi connectivity index (χ3v) is 7.62. The molecular formula is C22H33FN2O3S. The number of benzene rings is 1. The van der Waals surface area contributed by atoms with Crippen molar-refractivity contribution in [2.24, 2.45) is 5.92 Å². The zero-order chi connectivity index (χ0) is 21.1. The van der Waals surface area contributed by atoms with Crippen LogP contribution in [0.4, 0.5) is 4.39 Å². The van der Waals surface area contributed by atoms with Crippen molar-refractivity contribution in [3.8, 4) is 0 Å². The Morgan fingerprint density at radius 1 is 1.21 bits per heavy atom. The van der Waals surface area contributed by atoms with Crippen LogP contribution in [0.25, 0.3) is 0 Å². The second kappa shape index (κ2) is 9.13. The first kappa shape index (κ1) is 22.2. The summed E-state index contributed by atoms with van der Waals surface area (Å²) in [6.07, 6.45) is 8.90. The lowest BCUT2D eigenvalue weighted by atomic mass is 9.69. The summed E-state index contributed by atoms with van der Waals surface area (Å²) in [6.45, 7) is 3.10. The van der Waals surface area contributed by atoms with Crippen LogP contribution in [0, 0.1) is 11.7 Å². The van der Waals surface area contributed by atoms with E-state index in [2.05, 4.69) is 11.6 Å². The Kier molecular flexibility index (Phi) is 6.99. The summed E-state index contributed by atoms with van der Waals surface area (Å²) in [4.78, 5) is 15.2. The molecule has 1 N–H and O–H groups in total. The normalized spacial score (nSPS) is 25.2. The molecule has 1 aliphatic carbocycles. The van der Waals surface area contributed by atoms with Gasteiger partial charge in [-0.1, -0.05) is 31.4 Å². The molecule has 2 atom stereocenters. The lowest BCUT2D eigenvalue weighted by molar-refractivity contribution is -0.139. The first-order valence-electron chi connectivity index (χ1n) is 10.7. The summed E-state index contributed by atoms with van der Waals surface area (Å²) in [5.41, 5.74) is 0.443. The van der Waals surface area contributed by atoms with E-state index < -0.39 is 15.4 Å². The topological polar surface area (TPSA) is 66.5 Å². The van der Waals surface area contributed by atoms with E-state index in [0.717, 1.165) is 18.2 Å². The fraction of sp³-hybridized carbons (Fsp3) is 0.682. The smallest absolute Gasteiger partial charge is 0.223 e. The molecule has 0 spiro atoms. The second-order valence-corrected chi connectivity index (χ2v) is 10.7. The van der Waals surface area contributed by atoms with E-state index in [9.17, 15) is 17.6 Å². The van der Waals surface area contributed by atoms with Crippen molar-refractivity contribution in [3.63, 3.8) is 0 Å². The van der Waals surface area contributed by atoms with Crippen molar-refractivity contribution in [1.82, 2.24) is 9.62 Å². The van der Waals surface area contributed by atoms with E-state index in [4.69, 9.17) is 0 Å². The van der Waals surface area contributed by atoms with Gasteiger partial charge in [0.1, 0.15) is 5.82 Å². The van der Waals surface area contributed by atoms with Crippen LogP contribution in [-0.4, -0.2) is 44.6 Å². The number of hydrogen-bond donors (Lipinski definition) is 1. The van der Waals surface area contributed by atoms with Gasteiger partial charge in [0.05, 0.1) is 6.26 Å². The van der Waals surface area contributed by atoms with Gasteiger partial charge in [-0.05, 0) is 56.2 Å². The van der Waals surface area contributed by atoms with Crippen LogP contribution in [0.3, 0.4) is 0 Å². The van der Waals surface area contributed by atoms with Crippen LogP contribution in [0.1, 0.15) is 63.9 Å². The summed E-state index contributed by atoms with van der Waals surface area (Å²) in [5.74, 6) is 0.378. The predicted octanol–water partition coefficient (Wildman–Crippen LogP) is 3.59. The maximum atomic E-state index is 13.5. The van der Waals surface area contributed by atoms with E-state index in [1.54, 1.807) is 12.1 Å². The molecule has 7 heteroatoms. The number of sulfonamides is 1. The van der Waals surface area contributed by atoms with Crippen LogP contribution in [-0.2, 0) is 20.2 Å². The van der Waals surface area contributed by atoms with E-state index in [-0.39, 0.29) is 24.3 Å². The fourth-order valence-electron chi connectivity index (χ4n) is 5.12. The molecule has 1 saturated heterocycles. The summed E-state index contributed by atoms with van der Waals surface area (Å²) in [7, 11) is -3.30. The zero-order valence-corrected chi connectivity index (χ0v) is 18.3. The van der Waals surface area contributed by atoms with Crippen molar-refractivity contribution in [2.45, 2.75) is 69.7 Å². The van der Waals surface area contributed by atoms with Crippen LogP contribution >= 0.6 is 0 Å². The molecule has 0 aromatic heterocycles. The number of nitrogens with zero attached hydrogens (tertiary/aromatic N) is 1. The van der Waals surface area contributed by atoms with Crippen molar-refractivity contribution in [3.05, 3.63) is 35.6 Å². The van der Waals surface area contributed by atoms with E-state index >= 15 is 0 Å². The van der Waals surface area contributed by atoms with Gasteiger partial charge in [-0.2, -0.15) is 0 Å². The first-order chi connectivity index (χ1) is 13.7. The molecular weight excluding hydrogens is 391 g/mol. The van der Waals surface area contributed by atoms with Crippen LogP contribution in [0.2, 0.25) is 0 Å². The molecule has 1 aromatic carbocycles. The SMILES string of the molecule is C[C@@H](C1CCCCC1)N1CCC(CCNS(C)(=O)=O)(c2ccc(F)cc2)CC1=O. The Hall–Kier alpha value is -1.47. The Balaban J connectivity index is 1.76. The predicted molar refractivity (Wildman–Crippen MR) is 113 cm³/mol. The van der Waals surface area contributed by atoms with Gasteiger partial charge in [-0.3, -0.25) is 4.79 Å². The lowest BCUT2D eigenvalue weighted by Crippen LogP contribution is -2.52. The lowest BCUT2D eigenvalue weighted by Gasteiger charge is -2.46. The number of halogens is 1. The molecule has 3 rings (SSSR count). The minimum Gasteiger partial charge on any atom is -0.340 e. The molecule has 1 unspecified atom stereocenters. The molecule has 5 nitrogen and oxygen atoms in total. The van der Waals surface area contributed by atoms with Crippen LogP contribution in [0.15, 0.2) is 24.3 Å². The fourth-order valence-corrected chi connectivity index (χ4v) is 5.60. The zero-order valence-electron chi connectivity index (χ0n) is 17.5. The highest BCUT2D eigenvalue weighted by molar-refractivity contribution is 7.88. The van der Waals surface area contributed by atoms with Gasteiger partial charge in [0.2, 0.25) is 15.9 Å². The number of amides is 1. The number of carbonyl (C=O) groups is 1. The monoisotopic (exact) mass is 424 g/mol. The first-order valence-corrected chi connectivity index (χ1v) is 12.6. The number of nitrogens with one attached hydrogen (secondary N) is 1. The van der Waals surface area contributed by atoms with Gasteiger partial charge in [-0.25, -0.2) is 17.5 Å². The average molecular weight is 425 g/mol. The minimum atomic E-state index is -3.30. The molecule has 0 radical (unpaired) electrons. The standard InChI is InChI=1S/C22H33FN2O3S/c1-17(18-6-4-3-5-7-18)25-15-13-22(16-21(25)26,12-14-24-29(2,27)28)19-8-10-20(23)11-9-19/h8-11,17-18,24H,3-7,12-16H2,1-2H3/t17-,22?/m0/s1. The number of piperidine rings is 1. The number of rotatable bonds is 7. The van der Waals surface area contributed by atoms with Gasteiger partial charge in [-0.15, -0.1) is 0 Å². The van der Waals surface area contributed by atoms with Crippen LogP contribution < -0.4 is 4.72 Å². The highest BCUT2D eigenvalue weighted by Gasteiger charge is 2.42. The highest BCUT2D eigenvalue weighted by Crippen LogP contribution is 2.41. The molecule has 2 aliphatic rings. The number of likely N-dealkylation sites (tertiary alicyclic amines) is 1. The number of carbonyl (C=O) groups excluding carboxylic acids is 1. The van der Waals surface area contributed by atoms with Crippen molar-refractivity contribution >= 4 is 15.9 Å². The van der Waals surface area contributed by atoms with Crippen molar-refractivity contribution in [1.29, 1.82) is 0 Å². The molecule has 162 valence electrons. The summed E-state index contributed by atoms with van der Waals surface area (Å²) in [6, 6.07) is 6.56. The minimum absolute atomic E-state index is 0.123. The van der Waals surface area contributed by atoms with Crippen LogP contribution in [0.5, 0.6) is 0 Å². The van der Waals surface area contributed by atoms with Gasteiger partial charge in [0.15, 0.2) is 0 Å². The van der Waals surface area contributed by atoms with Gasteiger partial charge < -0.3 is 4.90 Å². The largest absolute Gasteiger partial charge is 0.340 e. The summed E-state index contributed by atoms with van der Waals surface area (Å²) in [5, 5.41) is 0. The Bertz CT molecular complexity index is 806. The van der Waals surface area contributed by atoms with Crippen molar-refractivity contribution < 1.29 is 17.6 Å². The van der Waals surface area contributed by atoms with Gasteiger partial charge >= 0.3 is 0 Å². The van der Waals surface area contributed by atoms with Gasteiger partial charge in [0, 0.05) is 31.0 Å². The number of hydrogen-bond acceptors (Lipinski definition) is 3. The summed E-state index contributed by atoms with van der Waals surface area (Å²) < 4.78 is 39.0. The molecule has 1 amide bonds. The third-order valence-electron chi connectivity index (χ3n) is 6.89. The quantitative estimate of drug-likeness (QED) is 0.727. The second-order valence-electron chi connectivity index (χ2n) is 8.86. The molecule has 1 aliphatic heterocycles. The molecule has 0 bridgehead atoms. The average Bonchev–Trinajstić information content (AvgIpc) is 2.68. The molecule has 1 aromatic rings. The molecule has 1 heterocycles. The van der Waals surface area contributed by atoms with Crippen molar-refractivity contribution in [2.75, 3.05) is 19.3 Å². The third kappa shape index (κ3) is 5.57. The maximum Gasteiger partial charge on any atom is 0.223 e. The highest BCUT2D eigenvalue weighted by atomic mass is 32.2.